The Balaban J connectivity index is 2.11. The van der Waals surface area contributed by atoms with Crippen LogP contribution in [-0.4, -0.2) is 35.3 Å². The summed E-state index contributed by atoms with van der Waals surface area (Å²) in [6, 6.07) is 0.243. The van der Waals surface area contributed by atoms with Gasteiger partial charge in [0, 0.05) is 13.2 Å². The molecule has 0 radical (unpaired) electrons. The van der Waals surface area contributed by atoms with Crippen molar-refractivity contribution in [2.75, 3.05) is 18.5 Å². The van der Waals surface area contributed by atoms with E-state index in [-0.39, 0.29) is 17.8 Å². The van der Waals surface area contributed by atoms with Crippen LogP contribution in [0.4, 0.5) is 6.01 Å². The molecule has 6 nitrogen and oxygen atoms in total. The zero-order valence-electron chi connectivity index (χ0n) is 10.1. The third kappa shape index (κ3) is 5.35. The summed E-state index contributed by atoms with van der Waals surface area (Å²) in [5.41, 5.74) is -0.0874. The van der Waals surface area contributed by atoms with Crippen molar-refractivity contribution in [3.63, 3.8) is 0 Å². The minimum atomic E-state index is -1.09. The maximum Gasteiger partial charge on any atom is 0.357 e. The quantitative estimate of drug-likeness (QED) is 0.678. The van der Waals surface area contributed by atoms with E-state index in [2.05, 4.69) is 10.3 Å². The number of oxazole rings is 1. The summed E-state index contributed by atoms with van der Waals surface area (Å²) in [7, 11) is 0. The number of nitrogens with zero attached hydrogens (tertiary/aromatic N) is 1. The molecule has 2 N–H and O–H groups in total. The van der Waals surface area contributed by atoms with Gasteiger partial charge in [-0.2, -0.15) is 4.98 Å². The number of carboxylic acid groups (broad SMARTS) is 1. The van der Waals surface area contributed by atoms with Gasteiger partial charge >= 0.3 is 5.97 Å². The highest BCUT2D eigenvalue weighted by Gasteiger charge is 2.09. The molecule has 0 aliphatic heterocycles. The van der Waals surface area contributed by atoms with E-state index in [4.69, 9.17) is 14.3 Å². The van der Waals surface area contributed by atoms with E-state index in [1.165, 1.54) is 0 Å². The molecule has 96 valence electrons. The lowest BCUT2D eigenvalue weighted by atomic mass is 10.3. The third-order valence-electron chi connectivity index (χ3n) is 2.02. The fraction of sp³-hybridized carbons (Fsp3) is 0.636. The first-order valence-electron chi connectivity index (χ1n) is 5.64. The van der Waals surface area contributed by atoms with Gasteiger partial charge in [0.2, 0.25) is 0 Å². The molecule has 0 aliphatic carbocycles. The second-order valence-electron chi connectivity index (χ2n) is 3.90. The molecule has 0 unspecified atom stereocenters. The molecule has 0 saturated carbocycles. The summed E-state index contributed by atoms with van der Waals surface area (Å²) in [5, 5.41) is 11.5. The molecule has 1 aromatic rings. The lowest BCUT2D eigenvalue weighted by Gasteiger charge is -2.06. The number of hydrogen-bond donors (Lipinski definition) is 2. The maximum absolute atomic E-state index is 10.5. The molecule has 1 heterocycles. The Hall–Kier alpha value is -1.56. The molecular weight excluding hydrogens is 224 g/mol. The topological polar surface area (TPSA) is 84.6 Å². The van der Waals surface area contributed by atoms with Crippen LogP contribution in [0.25, 0.3) is 0 Å². The first-order chi connectivity index (χ1) is 8.09. The average Bonchev–Trinajstić information content (AvgIpc) is 2.71. The second kappa shape index (κ2) is 6.90. The number of anilines is 1. The van der Waals surface area contributed by atoms with Crippen molar-refractivity contribution < 1.29 is 19.1 Å². The van der Waals surface area contributed by atoms with E-state index in [1.54, 1.807) is 0 Å². The average molecular weight is 242 g/mol. The van der Waals surface area contributed by atoms with Crippen molar-refractivity contribution in [3.05, 3.63) is 12.0 Å². The van der Waals surface area contributed by atoms with Gasteiger partial charge in [-0.25, -0.2) is 4.79 Å². The molecule has 1 rings (SSSR count). The molecule has 0 spiro atoms. The molecule has 0 aromatic carbocycles. The Kier molecular flexibility index (Phi) is 5.48. The van der Waals surface area contributed by atoms with Gasteiger partial charge in [0.05, 0.1) is 6.10 Å². The van der Waals surface area contributed by atoms with Gasteiger partial charge < -0.3 is 19.6 Å². The molecule has 0 amide bonds. The fourth-order valence-electron chi connectivity index (χ4n) is 1.19. The van der Waals surface area contributed by atoms with Crippen molar-refractivity contribution in [2.24, 2.45) is 0 Å². The highest BCUT2D eigenvalue weighted by Crippen LogP contribution is 2.07. The number of ether oxygens (including phenoxy) is 1. The van der Waals surface area contributed by atoms with Gasteiger partial charge in [0.1, 0.15) is 6.26 Å². The number of unbranched alkanes of at least 4 members (excludes halogenated alkanes) is 1. The minimum absolute atomic E-state index is 0.0874. The Labute approximate surface area is 100.0 Å². The number of aromatic carboxylic acids is 1. The van der Waals surface area contributed by atoms with Crippen molar-refractivity contribution >= 4 is 12.0 Å². The van der Waals surface area contributed by atoms with Crippen LogP contribution in [-0.2, 0) is 4.74 Å². The lowest BCUT2D eigenvalue weighted by Crippen LogP contribution is -2.07. The highest BCUT2D eigenvalue weighted by molar-refractivity contribution is 5.85. The van der Waals surface area contributed by atoms with Crippen molar-refractivity contribution in [2.45, 2.75) is 32.8 Å². The fourth-order valence-corrected chi connectivity index (χ4v) is 1.19. The van der Waals surface area contributed by atoms with E-state index < -0.39 is 5.97 Å². The van der Waals surface area contributed by atoms with Crippen molar-refractivity contribution in [1.82, 2.24) is 4.98 Å². The van der Waals surface area contributed by atoms with Gasteiger partial charge in [0.25, 0.3) is 6.01 Å². The summed E-state index contributed by atoms with van der Waals surface area (Å²) in [4.78, 5) is 14.3. The van der Waals surface area contributed by atoms with Crippen LogP contribution < -0.4 is 5.32 Å². The standard InChI is InChI=1S/C11H18N2O4/c1-8(2)16-6-4-3-5-12-11-13-9(7-17-11)10(14)15/h7-8H,3-6H2,1-2H3,(H,12,13)(H,14,15). The highest BCUT2D eigenvalue weighted by atomic mass is 16.5. The monoisotopic (exact) mass is 242 g/mol. The van der Waals surface area contributed by atoms with E-state index in [9.17, 15) is 4.79 Å². The molecule has 0 aliphatic rings. The summed E-state index contributed by atoms with van der Waals surface area (Å²) in [6.07, 6.45) is 3.23. The van der Waals surface area contributed by atoms with Crippen molar-refractivity contribution in [3.8, 4) is 0 Å². The van der Waals surface area contributed by atoms with Gasteiger partial charge in [-0.15, -0.1) is 0 Å². The predicted molar refractivity (Wildman–Crippen MR) is 62.3 cm³/mol. The van der Waals surface area contributed by atoms with Crippen LogP contribution in [0.2, 0.25) is 0 Å². The summed E-state index contributed by atoms with van der Waals surface area (Å²) >= 11 is 0. The smallest absolute Gasteiger partial charge is 0.357 e. The Bertz CT molecular complexity index is 349. The zero-order chi connectivity index (χ0) is 12.7. The molecule has 0 fully saturated rings. The van der Waals surface area contributed by atoms with E-state index in [1.807, 2.05) is 13.8 Å². The van der Waals surface area contributed by atoms with E-state index in [0.29, 0.717) is 6.54 Å². The Morgan fingerprint density at radius 3 is 2.94 bits per heavy atom. The molecular formula is C11H18N2O4. The first kappa shape index (κ1) is 13.5. The summed E-state index contributed by atoms with van der Waals surface area (Å²) in [6.45, 7) is 5.41. The third-order valence-corrected chi connectivity index (χ3v) is 2.02. The van der Waals surface area contributed by atoms with Crippen LogP contribution >= 0.6 is 0 Å². The van der Waals surface area contributed by atoms with Crippen molar-refractivity contribution in [1.29, 1.82) is 0 Å². The van der Waals surface area contributed by atoms with Gasteiger partial charge in [-0.1, -0.05) is 0 Å². The van der Waals surface area contributed by atoms with Gasteiger partial charge in [-0.3, -0.25) is 0 Å². The Morgan fingerprint density at radius 2 is 2.35 bits per heavy atom. The number of carboxylic acids is 1. The molecule has 1 aromatic heterocycles. The van der Waals surface area contributed by atoms with Crippen LogP contribution in [0.5, 0.6) is 0 Å². The zero-order valence-corrected chi connectivity index (χ0v) is 10.1. The lowest BCUT2D eigenvalue weighted by molar-refractivity contribution is 0.0690. The van der Waals surface area contributed by atoms with Crippen LogP contribution in [0, 0.1) is 0 Å². The van der Waals surface area contributed by atoms with Crippen LogP contribution in [0.3, 0.4) is 0 Å². The molecule has 0 atom stereocenters. The number of hydrogen-bond acceptors (Lipinski definition) is 5. The van der Waals surface area contributed by atoms with E-state index >= 15 is 0 Å². The summed E-state index contributed by atoms with van der Waals surface area (Å²) in [5.74, 6) is -1.09. The largest absolute Gasteiger partial charge is 0.476 e. The van der Waals surface area contributed by atoms with Gasteiger partial charge in [0.15, 0.2) is 5.69 Å². The number of rotatable bonds is 8. The Morgan fingerprint density at radius 1 is 1.59 bits per heavy atom. The van der Waals surface area contributed by atoms with Crippen LogP contribution in [0.15, 0.2) is 10.7 Å². The normalized spacial score (nSPS) is 10.8. The number of carbonyl (C=O) groups is 1. The predicted octanol–water partition coefficient (Wildman–Crippen LogP) is 1.99. The number of nitrogens with one attached hydrogen (secondary N) is 1. The van der Waals surface area contributed by atoms with Crippen LogP contribution in [0.1, 0.15) is 37.2 Å². The van der Waals surface area contributed by atoms with E-state index in [0.717, 1.165) is 25.7 Å². The molecule has 0 saturated heterocycles. The molecule has 17 heavy (non-hydrogen) atoms. The summed E-state index contributed by atoms with van der Waals surface area (Å²) < 4.78 is 10.3. The first-order valence-corrected chi connectivity index (χ1v) is 5.64. The number of aromatic nitrogens is 1. The minimum Gasteiger partial charge on any atom is -0.476 e. The second-order valence-corrected chi connectivity index (χ2v) is 3.90. The maximum atomic E-state index is 10.5. The molecule has 6 heteroatoms. The van der Waals surface area contributed by atoms with Gasteiger partial charge in [-0.05, 0) is 26.7 Å². The molecule has 0 bridgehead atoms. The SMILES string of the molecule is CC(C)OCCCCNc1nc(C(=O)O)co1.